The molecule has 4 amide bonds. The number of carbonyl (C=O) groups is 5. The smallest absolute Gasteiger partial charge is 0.407 e. The Hall–Kier alpha value is -4.50. The van der Waals surface area contributed by atoms with Crippen molar-refractivity contribution >= 4 is 76.0 Å². The fourth-order valence-corrected chi connectivity index (χ4v) is 7.89. The summed E-state index contributed by atoms with van der Waals surface area (Å²) in [6.45, 7) is 6.05. The van der Waals surface area contributed by atoms with E-state index in [0.29, 0.717) is 43.1 Å². The average molecular weight is 735 g/mol. The van der Waals surface area contributed by atoms with Gasteiger partial charge < -0.3 is 30.6 Å². The van der Waals surface area contributed by atoms with Crippen LogP contribution in [0, 0.1) is 0 Å². The van der Waals surface area contributed by atoms with Gasteiger partial charge >= 0.3 is 12.1 Å². The van der Waals surface area contributed by atoms with Crippen LogP contribution in [-0.2, 0) is 35.3 Å². The molecule has 0 saturated carbocycles. The third-order valence-corrected chi connectivity index (χ3v) is 10.2. The number of carboxylic acid groups (broad SMARTS) is 1. The first kappa shape index (κ1) is 35.8. The van der Waals surface area contributed by atoms with Crippen LogP contribution in [0.4, 0.5) is 9.93 Å². The van der Waals surface area contributed by atoms with Crippen LogP contribution in [0.5, 0.6) is 0 Å². The number of β-lactam (4-membered cyclic amide) rings is 1. The molecule has 2 aromatic heterocycles. The summed E-state index contributed by atoms with van der Waals surface area (Å²) in [4.78, 5) is 72.8. The highest BCUT2D eigenvalue weighted by Gasteiger charge is 2.54. The number of thioether (sulfide) groups is 2. The van der Waals surface area contributed by atoms with Gasteiger partial charge in [-0.3, -0.25) is 19.3 Å². The molecule has 49 heavy (non-hydrogen) atoms. The Morgan fingerprint density at radius 1 is 1.29 bits per heavy atom. The molecule has 0 spiro atoms. The summed E-state index contributed by atoms with van der Waals surface area (Å²) in [5.74, 6) is -2.12. The Morgan fingerprint density at radius 3 is 2.82 bits per heavy atom. The molecule has 2 aliphatic heterocycles. The van der Waals surface area contributed by atoms with Crippen LogP contribution in [0.25, 0.3) is 0 Å². The van der Waals surface area contributed by atoms with E-state index < -0.39 is 40.9 Å². The molecule has 0 radical (unpaired) electrons. The van der Waals surface area contributed by atoms with Crippen molar-refractivity contribution in [3.63, 3.8) is 0 Å². The second-order valence-corrected chi connectivity index (χ2v) is 14.7. The lowest BCUT2D eigenvalue weighted by Gasteiger charge is -2.49. The number of aliphatic carboxylic acids is 1. The Labute approximate surface area is 292 Å². The number of rotatable bonds is 15. The van der Waals surface area contributed by atoms with Crippen LogP contribution < -0.4 is 16.0 Å². The van der Waals surface area contributed by atoms with Gasteiger partial charge in [0.15, 0.2) is 10.8 Å². The summed E-state index contributed by atoms with van der Waals surface area (Å²) in [5.41, 5.74) is -0.311. The number of tetrazole rings is 1. The number of carboxylic acids is 1. The van der Waals surface area contributed by atoms with Crippen molar-refractivity contribution in [1.82, 2.24) is 40.7 Å². The second-order valence-electron chi connectivity index (χ2n) is 11.8. The number of anilines is 1. The average Bonchev–Trinajstić information content (AvgIpc) is 3.83. The monoisotopic (exact) mass is 734 g/mol. The SMILES string of the molecule is CC(C)(C)OC(=O)NCCCn1nnnc1SCC1=C(C(=O)O)N2C(=O)C(NC(=O)/C(=N\OC3C=CCC3)c3csc(NC=O)n3)[C@H]2SC1. The van der Waals surface area contributed by atoms with Crippen molar-refractivity contribution in [3.05, 3.63) is 34.5 Å². The van der Waals surface area contributed by atoms with Gasteiger partial charge in [0.25, 0.3) is 11.8 Å². The molecule has 5 rings (SSSR count). The number of carbonyl (C=O) groups excluding carboxylic acids is 4. The van der Waals surface area contributed by atoms with E-state index in [2.05, 4.69) is 41.6 Å². The van der Waals surface area contributed by atoms with Crippen molar-refractivity contribution in [1.29, 1.82) is 0 Å². The number of nitrogens with one attached hydrogen (secondary N) is 3. The highest BCUT2D eigenvalue weighted by molar-refractivity contribution is 8.01. The number of thiazole rings is 1. The van der Waals surface area contributed by atoms with Crippen molar-refractivity contribution < 1.29 is 38.7 Å². The largest absolute Gasteiger partial charge is 0.477 e. The molecule has 3 atom stereocenters. The first-order chi connectivity index (χ1) is 23.4. The standard InChI is InChI=1S/C28H34N10O8S3/c1-28(2,3)45-27(44)29-9-6-10-37-26(33-35-36-37)49-12-15-11-47-23-19(22(41)38(23)20(15)24(42)43)32-21(40)18(34-46-16-7-4-5-8-16)17-13-48-25(31-17)30-14-39/h4,7,13-14,16,19,23H,5-6,8-12H2,1-3H3,(H,29,44)(H,32,40)(H,42,43)(H,30,31,39)/b34-18-/t16?,19?,23-/m1/s1. The molecule has 4 heterocycles. The van der Waals surface area contributed by atoms with E-state index in [1.54, 1.807) is 25.5 Å². The minimum absolute atomic E-state index is 0.140. The summed E-state index contributed by atoms with van der Waals surface area (Å²) in [6.07, 6.45) is 5.39. The molecular formula is C28H34N10O8S3. The van der Waals surface area contributed by atoms with Crippen molar-refractivity contribution in [3.8, 4) is 0 Å². The normalized spacial score (nSPS) is 20.4. The maximum absolute atomic E-state index is 13.4. The molecule has 1 saturated heterocycles. The number of nitrogens with zero attached hydrogens (tertiary/aromatic N) is 7. The van der Waals surface area contributed by atoms with Crippen molar-refractivity contribution in [2.75, 3.05) is 23.4 Å². The van der Waals surface area contributed by atoms with Gasteiger partial charge in [0.2, 0.25) is 11.6 Å². The first-order valence-corrected chi connectivity index (χ1v) is 18.0. The third-order valence-electron chi connectivity index (χ3n) is 7.02. The summed E-state index contributed by atoms with van der Waals surface area (Å²) >= 11 is 3.62. The van der Waals surface area contributed by atoms with Crippen LogP contribution in [0.2, 0.25) is 0 Å². The number of aryl methyl sites for hydroxylation is 1. The predicted molar refractivity (Wildman–Crippen MR) is 179 cm³/mol. The number of hydrogen-bond donors (Lipinski definition) is 4. The van der Waals surface area contributed by atoms with Crippen LogP contribution in [0.1, 0.15) is 45.7 Å². The molecule has 0 bridgehead atoms. The lowest BCUT2D eigenvalue weighted by atomic mass is 10.0. The zero-order chi connectivity index (χ0) is 35.1. The maximum Gasteiger partial charge on any atom is 0.407 e. The Kier molecular flexibility index (Phi) is 11.5. The molecule has 21 heteroatoms. The van der Waals surface area contributed by atoms with E-state index in [1.165, 1.54) is 33.8 Å². The molecule has 1 fully saturated rings. The van der Waals surface area contributed by atoms with Crippen molar-refractivity contribution in [2.24, 2.45) is 5.16 Å². The molecule has 0 aromatic carbocycles. The topological polar surface area (TPSA) is 232 Å². The Morgan fingerprint density at radius 2 is 2.10 bits per heavy atom. The minimum Gasteiger partial charge on any atom is -0.477 e. The highest BCUT2D eigenvalue weighted by atomic mass is 32.2. The number of allylic oxidation sites excluding steroid dienone is 1. The molecule has 2 unspecified atom stereocenters. The summed E-state index contributed by atoms with van der Waals surface area (Å²) in [5, 5.41) is 35.2. The minimum atomic E-state index is -1.27. The maximum atomic E-state index is 13.4. The van der Waals surface area contributed by atoms with E-state index in [4.69, 9.17) is 9.57 Å². The van der Waals surface area contributed by atoms with Crippen LogP contribution in [0.3, 0.4) is 0 Å². The van der Waals surface area contributed by atoms with Gasteiger partial charge in [-0.05, 0) is 62.1 Å². The second kappa shape index (κ2) is 15.8. The van der Waals surface area contributed by atoms with E-state index in [-0.39, 0.29) is 39.8 Å². The molecule has 18 nitrogen and oxygen atoms in total. The third kappa shape index (κ3) is 8.95. The molecule has 2 aromatic rings. The van der Waals surface area contributed by atoms with E-state index in [9.17, 15) is 29.1 Å². The number of hydrogen-bond acceptors (Lipinski definition) is 15. The van der Waals surface area contributed by atoms with E-state index in [0.717, 1.165) is 17.8 Å². The van der Waals surface area contributed by atoms with Gasteiger partial charge in [-0.1, -0.05) is 23.0 Å². The number of amides is 4. The number of fused-ring (bicyclic) bond motifs is 1. The fourth-order valence-electron chi connectivity index (χ4n) is 4.85. The summed E-state index contributed by atoms with van der Waals surface area (Å²) in [6, 6.07) is -1.02. The zero-order valence-electron chi connectivity index (χ0n) is 26.7. The number of oxime groups is 1. The predicted octanol–water partition coefficient (Wildman–Crippen LogP) is 1.58. The Bertz CT molecular complexity index is 1680. The lowest BCUT2D eigenvalue weighted by molar-refractivity contribution is -0.150. The van der Waals surface area contributed by atoms with Crippen LogP contribution in [-0.4, -0.2) is 112 Å². The van der Waals surface area contributed by atoms with Crippen molar-refractivity contribution in [2.45, 2.75) is 74.9 Å². The first-order valence-electron chi connectivity index (χ1n) is 15.1. The van der Waals surface area contributed by atoms with Crippen LogP contribution >= 0.6 is 34.9 Å². The van der Waals surface area contributed by atoms with Gasteiger partial charge in [0.1, 0.15) is 34.5 Å². The van der Waals surface area contributed by atoms with Gasteiger partial charge in [-0.25, -0.2) is 19.3 Å². The molecule has 1 aliphatic carbocycles. The fraction of sp³-hybridized carbons (Fsp3) is 0.500. The van der Waals surface area contributed by atoms with Crippen LogP contribution in [0.15, 0.2) is 39.1 Å². The number of aromatic nitrogens is 5. The van der Waals surface area contributed by atoms with Gasteiger partial charge in [0.05, 0.1) is 0 Å². The quantitative estimate of drug-likeness (QED) is 0.0387. The highest BCUT2D eigenvalue weighted by Crippen LogP contribution is 2.41. The van der Waals surface area contributed by atoms with Gasteiger partial charge in [-0.15, -0.1) is 28.2 Å². The lowest BCUT2D eigenvalue weighted by Crippen LogP contribution is -2.71. The summed E-state index contributed by atoms with van der Waals surface area (Å²) < 4.78 is 6.77. The van der Waals surface area contributed by atoms with E-state index >= 15 is 0 Å². The zero-order valence-corrected chi connectivity index (χ0v) is 29.1. The van der Waals surface area contributed by atoms with E-state index in [1.807, 2.05) is 12.2 Å². The van der Waals surface area contributed by atoms with Gasteiger partial charge in [0, 0.05) is 30.0 Å². The number of ether oxygens (including phenoxy) is 1. The molecule has 4 N–H and O–H groups in total. The molecule has 3 aliphatic rings. The number of alkyl carbamates (subject to hydrolysis) is 1. The van der Waals surface area contributed by atoms with Gasteiger partial charge in [-0.2, -0.15) is 0 Å². The summed E-state index contributed by atoms with van der Waals surface area (Å²) in [7, 11) is 0. The molecular weight excluding hydrogens is 701 g/mol. The Balaban J connectivity index is 1.21. The molecule has 262 valence electrons.